The number of hydrogen-bond acceptors (Lipinski definition) is 3. The second-order valence-electron chi connectivity index (χ2n) is 5.11. The van der Waals surface area contributed by atoms with Crippen LogP contribution in [0.25, 0.3) is 0 Å². The molecule has 1 aliphatic heterocycles. The Hall–Kier alpha value is -1.40. The number of sulfonamides is 1. The van der Waals surface area contributed by atoms with Crippen molar-refractivity contribution >= 4 is 15.9 Å². The summed E-state index contributed by atoms with van der Waals surface area (Å²) in [4.78, 5) is 14.2. The Kier molecular flexibility index (Phi) is 5.00. The number of carbonyl (C=O) groups is 1. The van der Waals surface area contributed by atoms with Gasteiger partial charge in [-0.05, 0) is 51.0 Å². The van der Waals surface area contributed by atoms with E-state index in [1.165, 1.54) is 16.4 Å². The lowest BCUT2D eigenvalue weighted by Crippen LogP contribution is -2.30. The summed E-state index contributed by atoms with van der Waals surface area (Å²) in [5.41, 5.74) is 0.527. The van der Waals surface area contributed by atoms with Gasteiger partial charge in [0.25, 0.3) is 5.91 Å². The Morgan fingerprint density at radius 3 is 2.10 bits per heavy atom. The van der Waals surface area contributed by atoms with Gasteiger partial charge in [-0.2, -0.15) is 4.31 Å². The van der Waals surface area contributed by atoms with Gasteiger partial charge >= 0.3 is 0 Å². The molecule has 0 saturated carbocycles. The highest BCUT2D eigenvalue weighted by molar-refractivity contribution is 7.89. The molecule has 1 aliphatic rings. The van der Waals surface area contributed by atoms with Crippen LogP contribution in [0.2, 0.25) is 0 Å². The number of benzene rings is 1. The highest BCUT2D eigenvalue weighted by Gasteiger charge is 2.27. The van der Waals surface area contributed by atoms with Crippen LogP contribution >= 0.6 is 0 Å². The monoisotopic (exact) mass is 310 g/mol. The van der Waals surface area contributed by atoms with Crippen molar-refractivity contribution in [2.45, 2.75) is 31.6 Å². The van der Waals surface area contributed by atoms with Gasteiger partial charge in [-0.3, -0.25) is 4.79 Å². The summed E-state index contributed by atoms with van der Waals surface area (Å²) >= 11 is 0. The van der Waals surface area contributed by atoms with E-state index >= 15 is 0 Å². The molecule has 116 valence electrons. The van der Waals surface area contributed by atoms with Gasteiger partial charge < -0.3 is 4.90 Å². The summed E-state index contributed by atoms with van der Waals surface area (Å²) in [7, 11) is -3.40. The first kappa shape index (κ1) is 16.0. The minimum absolute atomic E-state index is 0.0647. The predicted molar refractivity (Wildman–Crippen MR) is 81.7 cm³/mol. The standard InChI is InChI=1S/C15H22N2O3S/c1-3-16(4-2)15(18)13-7-9-14(10-8-13)21(19,20)17-11-5-6-12-17/h7-10H,3-6,11-12H2,1-2H3. The smallest absolute Gasteiger partial charge is 0.253 e. The third kappa shape index (κ3) is 3.27. The molecule has 0 radical (unpaired) electrons. The average Bonchev–Trinajstić information content (AvgIpc) is 3.03. The third-order valence-electron chi connectivity index (χ3n) is 3.85. The second kappa shape index (κ2) is 6.58. The van der Waals surface area contributed by atoms with Gasteiger partial charge in [-0.15, -0.1) is 0 Å². The molecule has 0 aromatic heterocycles. The number of amides is 1. The fourth-order valence-corrected chi connectivity index (χ4v) is 4.06. The zero-order chi connectivity index (χ0) is 15.5. The summed E-state index contributed by atoms with van der Waals surface area (Å²) in [6, 6.07) is 6.27. The average molecular weight is 310 g/mol. The predicted octanol–water partition coefficient (Wildman–Crippen LogP) is 1.95. The minimum Gasteiger partial charge on any atom is -0.339 e. The van der Waals surface area contributed by atoms with Gasteiger partial charge in [-0.25, -0.2) is 8.42 Å². The summed E-state index contributed by atoms with van der Waals surface area (Å²) in [5, 5.41) is 0. The van der Waals surface area contributed by atoms with Crippen LogP contribution in [0.1, 0.15) is 37.0 Å². The molecule has 0 unspecified atom stereocenters. The Labute approximate surface area is 126 Å². The van der Waals surface area contributed by atoms with E-state index < -0.39 is 10.0 Å². The number of rotatable bonds is 5. The maximum absolute atomic E-state index is 12.4. The topological polar surface area (TPSA) is 57.7 Å². The summed E-state index contributed by atoms with van der Waals surface area (Å²) in [6.45, 7) is 6.30. The molecule has 1 aromatic carbocycles. The summed E-state index contributed by atoms with van der Waals surface area (Å²) in [5.74, 6) is -0.0647. The SMILES string of the molecule is CCN(CC)C(=O)c1ccc(S(=O)(=O)N2CCCC2)cc1. The van der Waals surface area contributed by atoms with Crippen LogP contribution in [0.4, 0.5) is 0 Å². The van der Waals surface area contributed by atoms with E-state index in [-0.39, 0.29) is 10.8 Å². The van der Waals surface area contributed by atoms with Crippen molar-refractivity contribution in [2.24, 2.45) is 0 Å². The molecule has 1 saturated heterocycles. The molecule has 0 bridgehead atoms. The lowest BCUT2D eigenvalue weighted by Gasteiger charge is -2.19. The van der Waals surface area contributed by atoms with Crippen molar-refractivity contribution in [3.63, 3.8) is 0 Å². The van der Waals surface area contributed by atoms with E-state index in [1.54, 1.807) is 17.0 Å². The van der Waals surface area contributed by atoms with E-state index in [2.05, 4.69) is 0 Å². The molecular weight excluding hydrogens is 288 g/mol. The normalized spacial score (nSPS) is 16.1. The maximum atomic E-state index is 12.4. The first-order valence-corrected chi connectivity index (χ1v) is 8.84. The van der Waals surface area contributed by atoms with Crippen LogP contribution in [0.5, 0.6) is 0 Å². The van der Waals surface area contributed by atoms with Crippen LogP contribution in [0, 0.1) is 0 Å². The molecule has 1 heterocycles. The molecule has 0 spiro atoms. The van der Waals surface area contributed by atoms with Crippen molar-refractivity contribution in [1.29, 1.82) is 0 Å². The first-order chi connectivity index (χ1) is 10.0. The Balaban J connectivity index is 2.21. The molecule has 0 atom stereocenters. The minimum atomic E-state index is -3.40. The summed E-state index contributed by atoms with van der Waals surface area (Å²) in [6.07, 6.45) is 1.83. The van der Waals surface area contributed by atoms with Gasteiger partial charge in [0.1, 0.15) is 0 Å². The van der Waals surface area contributed by atoms with E-state index in [1.807, 2.05) is 13.8 Å². The van der Waals surface area contributed by atoms with Gasteiger partial charge in [0.2, 0.25) is 10.0 Å². The van der Waals surface area contributed by atoms with Crippen LogP contribution in [-0.2, 0) is 10.0 Å². The lowest BCUT2D eigenvalue weighted by molar-refractivity contribution is 0.0773. The molecule has 0 N–H and O–H groups in total. The second-order valence-corrected chi connectivity index (χ2v) is 7.05. The molecule has 21 heavy (non-hydrogen) atoms. The number of carbonyl (C=O) groups excluding carboxylic acids is 1. The molecule has 1 fully saturated rings. The quantitative estimate of drug-likeness (QED) is 0.835. The van der Waals surface area contributed by atoms with Crippen LogP contribution in [0.15, 0.2) is 29.2 Å². The fraction of sp³-hybridized carbons (Fsp3) is 0.533. The van der Waals surface area contributed by atoms with Gasteiger partial charge in [0.15, 0.2) is 0 Å². The summed E-state index contributed by atoms with van der Waals surface area (Å²) < 4.78 is 26.3. The van der Waals surface area contributed by atoms with E-state index in [9.17, 15) is 13.2 Å². The van der Waals surface area contributed by atoms with E-state index in [0.29, 0.717) is 31.7 Å². The van der Waals surface area contributed by atoms with Crippen LogP contribution in [0.3, 0.4) is 0 Å². The molecular formula is C15H22N2O3S. The molecule has 5 nitrogen and oxygen atoms in total. The number of hydrogen-bond donors (Lipinski definition) is 0. The lowest BCUT2D eigenvalue weighted by atomic mass is 10.2. The van der Waals surface area contributed by atoms with Crippen LogP contribution < -0.4 is 0 Å². The van der Waals surface area contributed by atoms with E-state index in [4.69, 9.17) is 0 Å². The molecule has 6 heteroatoms. The highest BCUT2D eigenvalue weighted by atomic mass is 32.2. The van der Waals surface area contributed by atoms with Crippen molar-refractivity contribution < 1.29 is 13.2 Å². The molecule has 1 aromatic rings. The zero-order valence-electron chi connectivity index (χ0n) is 12.6. The molecule has 0 aliphatic carbocycles. The van der Waals surface area contributed by atoms with Crippen molar-refractivity contribution in [3.8, 4) is 0 Å². The molecule has 1 amide bonds. The van der Waals surface area contributed by atoms with Gasteiger partial charge in [-0.1, -0.05) is 0 Å². The van der Waals surface area contributed by atoms with E-state index in [0.717, 1.165) is 12.8 Å². The van der Waals surface area contributed by atoms with Gasteiger partial charge in [0, 0.05) is 31.7 Å². The van der Waals surface area contributed by atoms with Crippen molar-refractivity contribution in [2.75, 3.05) is 26.2 Å². The Morgan fingerprint density at radius 1 is 1.10 bits per heavy atom. The van der Waals surface area contributed by atoms with Crippen molar-refractivity contribution in [3.05, 3.63) is 29.8 Å². The first-order valence-electron chi connectivity index (χ1n) is 7.40. The third-order valence-corrected chi connectivity index (χ3v) is 5.77. The number of nitrogens with zero attached hydrogens (tertiary/aromatic N) is 2. The fourth-order valence-electron chi connectivity index (χ4n) is 2.54. The van der Waals surface area contributed by atoms with Crippen molar-refractivity contribution in [1.82, 2.24) is 9.21 Å². The Morgan fingerprint density at radius 2 is 1.62 bits per heavy atom. The Bertz CT molecular complexity index is 586. The zero-order valence-corrected chi connectivity index (χ0v) is 13.4. The maximum Gasteiger partial charge on any atom is 0.253 e. The van der Waals surface area contributed by atoms with Gasteiger partial charge in [0.05, 0.1) is 4.90 Å². The highest BCUT2D eigenvalue weighted by Crippen LogP contribution is 2.21. The van der Waals surface area contributed by atoms with Crippen LogP contribution in [-0.4, -0.2) is 49.7 Å². The molecule has 2 rings (SSSR count). The largest absolute Gasteiger partial charge is 0.339 e.